The van der Waals surface area contributed by atoms with Crippen molar-refractivity contribution in [3.63, 3.8) is 0 Å². The molecule has 0 aliphatic heterocycles. The molecule has 1 N–H and O–H groups in total. The van der Waals surface area contributed by atoms with Crippen molar-refractivity contribution in [2.45, 2.75) is 25.5 Å². The van der Waals surface area contributed by atoms with Crippen LogP contribution in [0.5, 0.6) is 5.75 Å². The SMILES string of the molecule is CCn1c(SCC(=O)NCCOc2cccc(C)c2)nc2ccccc2c1=O. The van der Waals surface area contributed by atoms with Gasteiger partial charge in [-0.1, -0.05) is 36.0 Å². The topological polar surface area (TPSA) is 73.2 Å². The lowest BCUT2D eigenvalue weighted by Crippen LogP contribution is -2.30. The summed E-state index contributed by atoms with van der Waals surface area (Å²) in [6.45, 7) is 5.21. The molecule has 0 fully saturated rings. The second-order valence-electron chi connectivity index (χ2n) is 6.26. The summed E-state index contributed by atoms with van der Waals surface area (Å²) in [7, 11) is 0. The van der Waals surface area contributed by atoms with Crippen LogP contribution in [0.1, 0.15) is 12.5 Å². The van der Waals surface area contributed by atoms with E-state index in [0.717, 1.165) is 11.3 Å². The van der Waals surface area contributed by atoms with Crippen LogP contribution in [0.15, 0.2) is 58.5 Å². The minimum Gasteiger partial charge on any atom is -0.492 e. The number of aromatic nitrogens is 2. The average Bonchev–Trinajstić information content (AvgIpc) is 2.70. The van der Waals surface area contributed by atoms with Gasteiger partial charge in [0.25, 0.3) is 5.56 Å². The van der Waals surface area contributed by atoms with Gasteiger partial charge in [0.15, 0.2) is 5.16 Å². The van der Waals surface area contributed by atoms with Crippen molar-refractivity contribution in [3.05, 3.63) is 64.4 Å². The van der Waals surface area contributed by atoms with Crippen LogP contribution >= 0.6 is 11.8 Å². The van der Waals surface area contributed by atoms with Gasteiger partial charge in [-0.25, -0.2) is 4.98 Å². The van der Waals surface area contributed by atoms with Gasteiger partial charge in [-0.2, -0.15) is 0 Å². The molecular formula is C21H23N3O3S. The van der Waals surface area contributed by atoms with E-state index in [1.807, 2.05) is 56.3 Å². The van der Waals surface area contributed by atoms with E-state index in [9.17, 15) is 9.59 Å². The lowest BCUT2D eigenvalue weighted by Gasteiger charge is -2.11. The van der Waals surface area contributed by atoms with Gasteiger partial charge >= 0.3 is 0 Å². The first-order valence-electron chi connectivity index (χ1n) is 9.17. The van der Waals surface area contributed by atoms with E-state index < -0.39 is 0 Å². The van der Waals surface area contributed by atoms with Crippen molar-refractivity contribution in [1.82, 2.24) is 14.9 Å². The second kappa shape index (κ2) is 9.41. The lowest BCUT2D eigenvalue weighted by atomic mass is 10.2. The number of nitrogens with one attached hydrogen (secondary N) is 1. The molecule has 1 heterocycles. The van der Waals surface area contributed by atoms with Gasteiger partial charge in [-0.05, 0) is 43.7 Å². The molecule has 2 aromatic carbocycles. The van der Waals surface area contributed by atoms with Crippen molar-refractivity contribution in [3.8, 4) is 5.75 Å². The van der Waals surface area contributed by atoms with E-state index in [-0.39, 0.29) is 17.2 Å². The normalized spacial score (nSPS) is 10.8. The fourth-order valence-corrected chi connectivity index (χ4v) is 3.68. The summed E-state index contributed by atoms with van der Waals surface area (Å²) in [6, 6.07) is 15.0. The molecule has 3 rings (SSSR count). The molecule has 0 bridgehead atoms. The zero-order valence-electron chi connectivity index (χ0n) is 16.0. The van der Waals surface area contributed by atoms with Crippen molar-refractivity contribution >= 4 is 28.6 Å². The summed E-state index contributed by atoms with van der Waals surface area (Å²) in [4.78, 5) is 29.3. The number of carbonyl (C=O) groups is 1. The molecule has 0 spiro atoms. The Morgan fingerprint density at radius 2 is 2.04 bits per heavy atom. The number of rotatable bonds is 8. The number of amides is 1. The standard InChI is InChI=1S/C21H23N3O3S/c1-3-24-20(26)17-9-4-5-10-18(17)23-21(24)28-14-19(25)22-11-12-27-16-8-6-7-15(2)13-16/h4-10,13H,3,11-12,14H2,1-2H3,(H,22,25). The van der Waals surface area contributed by atoms with E-state index in [4.69, 9.17) is 4.74 Å². The maximum absolute atomic E-state index is 12.6. The summed E-state index contributed by atoms with van der Waals surface area (Å²) < 4.78 is 7.22. The number of benzene rings is 2. The number of nitrogens with zero attached hydrogens (tertiary/aromatic N) is 2. The van der Waals surface area contributed by atoms with Crippen LogP contribution in [-0.4, -0.2) is 34.4 Å². The smallest absolute Gasteiger partial charge is 0.262 e. The number of hydrogen-bond donors (Lipinski definition) is 1. The molecule has 1 aromatic heterocycles. The number of hydrogen-bond acceptors (Lipinski definition) is 5. The van der Waals surface area contributed by atoms with Crippen molar-refractivity contribution in [2.75, 3.05) is 18.9 Å². The Morgan fingerprint density at radius 3 is 2.82 bits per heavy atom. The largest absolute Gasteiger partial charge is 0.492 e. The third-order valence-electron chi connectivity index (χ3n) is 4.16. The monoisotopic (exact) mass is 397 g/mol. The highest BCUT2D eigenvalue weighted by Crippen LogP contribution is 2.17. The zero-order valence-corrected chi connectivity index (χ0v) is 16.8. The molecule has 6 nitrogen and oxygen atoms in total. The second-order valence-corrected chi connectivity index (χ2v) is 7.21. The zero-order chi connectivity index (χ0) is 19.9. The van der Waals surface area contributed by atoms with Crippen molar-refractivity contribution in [2.24, 2.45) is 0 Å². The van der Waals surface area contributed by atoms with Gasteiger partial charge in [-0.3, -0.25) is 14.2 Å². The van der Waals surface area contributed by atoms with Crippen LogP contribution in [-0.2, 0) is 11.3 Å². The summed E-state index contributed by atoms with van der Waals surface area (Å²) in [5.74, 6) is 0.855. The Hall–Kier alpha value is -2.80. The van der Waals surface area contributed by atoms with Gasteiger partial charge in [-0.15, -0.1) is 0 Å². The summed E-state index contributed by atoms with van der Waals surface area (Å²) >= 11 is 1.26. The Kier molecular flexibility index (Phi) is 6.71. The molecule has 0 saturated carbocycles. The highest BCUT2D eigenvalue weighted by molar-refractivity contribution is 7.99. The first kappa shape index (κ1) is 19.9. The molecule has 28 heavy (non-hydrogen) atoms. The average molecular weight is 398 g/mol. The molecule has 0 radical (unpaired) electrons. The van der Waals surface area contributed by atoms with Gasteiger partial charge in [0, 0.05) is 6.54 Å². The highest BCUT2D eigenvalue weighted by atomic mass is 32.2. The van der Waals surface area contributed by atoms with Gasteiger partial charge < -0.3 is 10.1 Å². The number of aryl methyl sites for hydroxylation is 1. The fourth-order valence-electron chi connectivity index (χ4n) is 2.78. The summed E-state index contributed by atoms with van der Waals surface area (Å²) in [5.41, 5.74) is 1.69. The molecule has 0 unspecified atom stereocenters. The predicted molar refractivity (Wildman–Crippen MR) is 112 cm³/mol. The van der Waals surface area contributed by atoms with Crippen LogP contribution in [0, 0.1) is 6.92 Å². The Morgan fingerprint density at radius 1 is 1.21 bits per heavy atom. The first-order valence-corrected chi connectivity index (χ1v) is 10.2. The lowest BCUT2D eigenvalue weighted by molar-refractivity contribution is -0.118. The molecule has 0 aliphatic rings. The van der Waals surface area contributed by atoms with E-state index >= 15 is 0 Å². The van der Waals surface area contributed by atoms with Crippen LogP contribution in [0.2, 0.25) is 0 Å². The molecule has 0 aliphatic carbocycles. The van der Waals surface area contributed by atoms with Crippen molar-refractivity contribution in [1.29, 1.82) is 0 Å². The van der Waals surface area contributed by atoms with Crippen molar-refractivity contribution < 1.29 is 9.53 Å². The van der Waals surface area contributed by atoms with Gasteiger partial charge in [0.2, 0.25) is 5.91 Å². The Labute approximate surface area is 167 Å². The third kappa shape index (κ3) is 4.92. The summed E-state index contributed by atoms with van der Waals surface area (Å²) in [6.07, 6.45) is 0. The van der Waals surface area contributed by atoms with E-state index in [1.165, 1.54) is 11.8 Å². The molecule has 0 atom stereocenters. The molecule has 146 valence electrons. The predicted octanol–water partition coefficient (Wildman–Crippen LogP) is 3.01. The molecule has 1 amide bonds. The van der Waals surface area contributed by atoms with Crippen LogP contribution in [0.4, 0.5) is 0 Å². The molecule has 3 aromatic rings. The Balaban J connectivity index is 1.53. The van der Waals surface area contributed by atoms with E-state index in [2.05, 4.69) is 10.3 Å². The van der Waals surface area contributed by atoms with Crippen LogP contribution in [0.3, 0.4) is 0 Å². The van der Waals surface area contributed by atoms with E-state index in [1.54, 1.807) is 10.6 Å². The quantitative estimate of drug-likeness (QED) is 0.359. The molecule has 7 heteroatoms. The maximum Gasteiger partial charge on any atom is 0.262 e. The van der Waals surface area contributed by atoms with Crippen LogP contribution < -0.4 is 15.6 Å². The minimum atomic E-state index is -0.122. The number of carbonyl (C=O) groups excluding carboxylic acids is 1. The first-order chi connectivity index (χ1) is 13.6. The number of para-hydroxylation sites is 1. The summed E-state index contributed by atoms with van der Waals surface area (Å²) in [5, 5.41) is 3.97. The Bertz CT molecular complexity index is 1030. The number of thioether (sulfide) groups is 1. The fraction of sp³-hybridized carbons (Fsp3) is 0.286. The van der Waals surface area contributed by atoms with E-state index in [0.29, 0.717) is 35.8 Å². The van der Waals surface area contributed by atoms with Gasteiger partial charge in [0.05, 0.1) is 23.2 Å². The minimum absolute atomic E-state index is 0.0810. The van der Waals surface area contributed by atoms with Crippen LogP contribution in [0.25, 0.3) is 10.9 Å². The maximum atomic E-state index is 12.6. The number of ether oxygens (including phenoxy) is 1. The van der Waals surface area contributed by atoms with Gasteiger partial charge in [0.1, 0.15) is 12.4 Å². The highest BCUT2D eigenvalue weighted by Gasteiger charge is 2.12. The molecule has 0 saturated heterocycles. The molecular weight excluding hydrogens is 374 g/mol. The number of fused-ring (bicyclic) bond motifs is 1. The third-order valence-corrected chi connectivity index (χ3v) is 5.13.